The molecule has 0 heterocycles. The first-order valence-corrected chi connectivity index (χ1v) is 8.76. The van der Waals surface area contributed by atoms with Crippen LogP contribution in [0, 0.1) is 11.3 Å². The molecule has 0 aliphatic heterocycles. The summed E-state index contributed by atoms with van der Waals surface area (Å²) < 4.78 is 27.9. The van der Waals surface area contributed by atoms with Crippen LogP contribution in [0.4, 0.5) is 8.78 Å². The molecule has 1 aromatic rings. The Morgan fingerprint density at radius 3 is 2.06 bits per heavy atom. The third kappa shape index (κ3) is 2.71. The largest absolute Gasteiger partial charge is 0.383 e. The zero-order valence-electron chi connectivity index (χ0n) is 10.0. The van der Waals surface area contributed by atoms with E-state index >= 15 is 0 Å². The van der Waals surface area contributed by atoms with Crippen molar-refractivity contribution in [2.24, 2.45) is 0 Å². The van der Waals surface area contributed by atoms with Gasteiger partial charge in [0, 0.05) is 0 Å². The van der Waals surface area contributed by atoms with E-state index in [1.807, 2.05) is 6.07 Å². The smallest absolute Gasteiger partial charge is 0.257 e. The van der Waals surface area contributed by atoms with Gasteiger partial charge in [0.2, 0.25) is 0 Å². The third-order valence-electron chi connectivity index (χ3n) is 2.70. The molecule has 0 amide bonds. The molecular weight excluding hydrogens is 240 g/mol. The monoisotopic (exact) mass is 255 g/mol. The van der Waals surface area contributed by atoms with Crippen molar-refractivity contribution in [3.63, 3.8) is 0 Å². The zero-order chi connectivity index (χ0) is 13.3. The van der Waals surface area contributed by atoms with Gasteiger partial charge in [-0.05, 0) is 17.7 Å². The molecule has 0 spiro atoms. The molecule has 0 saturated heterocycles. The molecule has 0 bridgehead atoms. The van der Waals surface area contributed by atoms with E-state index in [9.17, 15) is 13.9 Å². The van der Waals surface area contributed by atoms with E-state index in [0.29, 0.717) is 5.56 Å². The second-order valence-corrected chi connectivity index (χ2v) is 10.2. The van der Waals surface area contributed by atoms with Crippen molar-refractivity contribution in [3.05, 3.63) is 35.4 Å². The van der Waals surface area contributed by atoms with E-state index in [-0.39, 0.29) is 5.56 Å². The summed E-state index contributed by atoms with van der Waals surface area (Å²) >= 11 is 0. The lowest BCUT2D eigenvalue weighted by Crippen LogP contribution is -2.49. The minimum absolute atomic E-state index is 0.149. The Balaban J connectivity index is 3.04. The first-order chi connectivity index (χ1) is 7.70. The van der Waals surface area contributed by atoms with Gasteiger partial charge in [-0.25, -0.2) is 8.78 Å². The van der Waals surface area contributed by atoms with Gasteiger partial charge in [0.1, 0.15) is 14.2 Å². The highest BCUT2D eigenvalue weighted by Gasteiger charge is 2.51. The highest BCUT2D eigenvalue weighted by atomic mass is 28.3. The van der Waals surface area contributed by atoms with Crippen molar-refractivity contribution in [1.29, 1.82) is 5.26 Å². The molecule has 0 fully saturated rings. The van der Waals surface area contributed by atoms with Crippen molar-refractivity contribution in [2.45, 2.75) is 31.3 Å². The molecule has 5 heteroatoms. The van der Waals surface area contributed by atoms with Gasteiger partial charge in [-0.2, -0.15) is 5.26 Å². The summed E-state index contributed by atoms with van der Waals surface area (Å²) in [6, 6.07) is 7.51. The number of alkyl halides is 2. The minimum Gasteiger partial charge on any atom is -0.383 e. The second-order valence-electron chi connectivity index (χ2n) is 5.01. The number of benzene rings is 1. The summed E-state index contributed by atoms with van der Waals surface area (Å²) in [4.78, 5) is 0. The third-order valence-corrected chi connectivity index (χ3v) is 4.97. The lowest BCUT2D eigenvalue weighted by Gasteiger charge is -2.32. The molecule has 1 aromatic carbocycles. The fourth-order valence-corrected chi connectivity index (χ4v) is 2.35. The molecule has 1 rings (SSSR count). The molecule has 1 N–H and O–H groups in total. The fourth-order valence-electron chi connectivity index (χ4n) is 1.36. The summed E-state index contributed by atoms with van der Waals surface area (Å²) in [5, 5.41) is 18.4. The fraction of sp³-hybridized carbons (Fsp3) is 0.417. The Labute approximate surface area is 101 Å². The Morgan fingerprint density at radius 1 is 1.24 bits per heavy atom. The highest BCUT2D eigenvalue weighted by molar-refractivity contribution is 6.78. The molecule has 0 saturated carbocycles. The predicted octanol–water partition coefficient (Wildman–Crippen LogP) is 3.10. The van der Waals surface area contributed by atoms with Gasteiger partial charge in [0.15, 0.2) is 0 Å². The maximum absolute atomic E-state index is 13.9. The van der Waals surface area contributed by atoms with Crippen molar-refractivity contribution < 1.29 is 13.9 Å². The lowest BCUT2D eigenvalue weighted by atomic mass is 10.1. The molecule has 2 nitrogen and oxygen atoms in total. The van der Waals surface area contributed by atoms with Crippen LogP contribution in [-0.2, 0) is 0 Å². The standard InChI is InChI=1S/C12H15F2NOSi/c1-17(2,3)12(13,14)11(16)10-6-4-9(8-15)5-7-10/h4-7,11,16H,1-3H3. The van der Waals surface area contributed by atoms with Gasteiger partial charge in [-0.1, -0.05) is 31.8 Å². The van der Waals surface area contributed by atoms with Crippen molar-refractivity contribution >= 4 is 8.07 Å². The number of nitrogens with zero attached hydrogens (tertiary/aromatic N) is 1. The topological polar surface area (TPSA) is 44.0 Å². The van der Waals surface area contributed by atoms with Crippen LogP contribution in [0.3, 0.4) is 0 Å². The normalized spacial score (nSPS) is 14.2. The van der Waals surface area contributed by atoms with Gasteiger partial charge in [-0.3, -0.25) is 0 Å². The predicted molar refractivity (Wildman–Crippen MR) is 64.4 cm³/mol. The highest BCUT2D eigenvalue weighted by Crippen LogP contribution is 2.38. The summed E-state index contributed by atoms with van der Waals surface area (Å²) in [6.07, 6.45) is -1.80. The van der Waals surface area contributed by atoms with Crippen LogP contribution in [0.15, 0.2) is 24.3 Å². The van der Waals surface area contributed by atoms with Gasteiger partial charge in [0.25, 0.3) is 5.55 Å². The van der Waals surface area contributed by atoms with Crippen LogP contribution in [-0.4, -0.2) is 18.7 Å². The van der Waals surface area contributed by atoms with Crippen LogP contribution < -0.4 is 0 Å². The lowest BCUT2D eigenvalue weighted by molar-refractivity contribution is -0.0523. The van der Waals surface area contributed by atoms with Crippen molar-refractivity contribution in [3.8, 4) is 6.07 Å². The molecular formula is C12H15F2NOSi. The van der Waals surface area contributed by atoms with Crippen LogP contribution in [0.1, 0.15) is 17.2 Å². The van der Waals surface area contributed by atoms with Gasteiger partial charge in [0.05, 0.1) is 11.6 Å². The van der Waals surface area contributed by atoms with Crippen LogP contribution in [0.5, 0.6) is 0 Å². The second kappa shape index (κ2) is 4.55. The van der Waals surface area contributed by atoms with E-state index in [1.54, 1.807) is 0 Å². The quantitative estimate of drug-likeness (QED) is 0.843. The molecule has 0 aromatic heterocycles. The Bertz CT molecular complexity index is 431. The van der Waals surface area contributed by atoms with E-state index < -0.39 is 19.7 Å². The van der Waals surface area contributed by atoms with E-state index in [0.717, 1.165) is 0 Å². The number of rotatable bonds is 3. The number of hydrogen-bond donors (Lipinski definition) is 1. The molecule has 1 unspecified atom stereocenters. The average Bonchev–Trinajstić information content (AvgIpc) is 2.26. The van der Waals surface area contributed by atoms with Crippen LogP contribution >= 0.6 is 0 Å². The van der Waals surface area contributed by atoms with Gasteiger partial charge < -0.3 is 5.11 Å². The number of nitriles is 1. The summed E-state index contributed by atoms with van der Waals surface area (Å²) in [7, 11) is -2.80. The first kappa shape index (κ1) is 13.8. The van der Waals surface area contributed by atoms with E-state index in [2.05, 4.69) is 0 Å². The minimum atomic E-state index is -3.10. The SMILES string of the molecule is C[Si](C)(C)C(F)(F)C(O)c1ccc(C#N)cc1. The Morgan fingerprint density at radius 2 is 1.71 bits per heavy atom. The molecule has 0 radical (unpaired) electrons. The summed E-state index contributed by atoms with van der Waals surface area (Å²) in [6.45, 7) is 4.54. The zero-order valence-corrected chi connectivity index (χ0v) is 11.0. The van der Waals surface area contributed by atoms with Crippen molar-refractivity contribution in [1.82, 2.24) is 0 Å². The van der Waals surface area contributed by atoms with Crippen molar-refractivity contribution in [2.75, 3.05) is 0 Å². The first-order valence-electron chi connectivity index (χ1n) is 5.26. The maximum atomic E-state index is 13.9. The summed E-state index contributed by atoms with van der Waals surface area (Å²) in [5.74, 6) is 0. The molecule has 17 heavy (non-hydrogen) atoms. The Kier molecular flexibility index (Phi) is 3.70. The number of aliphatic hydroxyl groups excluding tert-OH is 1. The number of hydrogen-bond acceptors (Lipinski definition) is 2. The van der Waals surface area contributed by atoms with Gasteiger partial charge in [-0.15, -0.1) is 0 Å². The number of aliphatic hydroxyl groups is 1. The molecule has 0 aliphatic rings. The average molecular weight is 255 g/mol. The maximum Gasteiger partial charge on any atom is 0.257 e. The molecule has 92 valence electrons. The van der Waals surface area contributed by atoms with E-state index in [1.165, 1.54) is 43.9 Å². The molecule has 0 aliphatic carbocycles. The van der Waals surface area contributed by atoms with E-state index in [4.69, 9.17) is 5.26 Å². The molecule has 1 atom stereocenters. The van der Waals surface area contributed by atoms with Crippen LogP contribution in [0.25, 0.3) is 0 Å². The van der Waals surface area contributed by atoms with Gasteiger partial charge >= 0.3 is 0 Å². The summed E-state index contributed by atoms with van der Waals surface area (Å²) in [5.41, 5.74) is -2.56. The Hall–Kier alpha value is -1.25. The van der Waals surface area contributed by atoms with Crippen LogP contribution in [0.2, 0.25) is 19.6 Å². The number of halogens is 2.